The molecule has 0 aliphatic rings. The monoisotopic (exact) mass is 274 g/mol. The minimum atomic E-state index is -0.864. The van der Waals surface area contributed by atoms with Gasteiger partial charge in [-0.05, 0) is 23.3 Å². The van der Waals surface area contributed by atoms with Crippen LogP contribution in [0, 0.1) is 5.82 Å². The summed E-state index contributed by atoms with van der Waals surface area (Å²) >= 11 is 0. The molecule has 0 radical (unpaired) electrons. The standard InChI is InChI=1S/C15H15FN2O2/c16-12-6-11(7-13(19)8-12)14(15(17)20)18-9-10-4-2-1-3-5-10/h1-8,14,18-19H,9H2,(H2,17,20). The fraction of sp³-hybridized carbons (Fsp3) is 0.133. The summed E-state index contributed by atoms with van der Waals surface area (Å²) in [5.74, 6) is -1.49. The molecule has 0 aliphatic heterocycles. The topological polar surface area (TPSA) is 75.4 Å². The van der Waals surface area contributed by atoms with Gasteiger partial charge < -0.3 is 10.8 Å². The average Bonchev–Trinajstić information content (AvgIpc) is 2.38. The lowest BCUT2D eigenvalue weighted by molar-refractivity contribution is -0.120. The minimum Gasteiger partial charge on any atom is -0.508 e. The van der Waals surface area contributed by atoms with E-state index in [1.54, 1.807) is 0 Å². The molecular formula is C15H15FN2O2. The van der Waals surface area contributed by atoms with Crippen molar-refractivity contribution in [2.24, 2.45) is 5.73 Å². The maximum Gasteiger partial charge on any atom is 0.239 e. The smallest absolute Gasteiger partial charge is 0.239 e. The highest BCUT2D eigenvalue weighted by Crippen LogP contribution is 2.21. The first-order chi connectivity index (χ1) is 9.56. The van der Waals surface area contributed by atoms with Gasteiger partial charge in [0.05, 0.1) is 0 Å². The van der Waals surface area contributed by atoms with E-state index in [-0.39, 0.29) is 5.75 Å². The average molecular weight is 274 g/mol. The third kappa shape index (κ3) is 3.55. The quantitative estimate of drug-likeness (QED) is 0.779. The molecule has 0 saturated carbocycles. The van der Waals surface area contributed by atoms with Crippen LogP contribution in [0.5, 0.6) is 5.75 Å². The third-order valence-electron chi connectivity index (χ3n) is 2.88. The van der Waals surface area contributed by atoms with Gasteiger partial charge in [0.15, 0.2) is 0 Å². The molecule has 2 aromatic carbocycles. The van der Waals surface area contributed by atoms with E-state index in [0.717, 1.165) is 11.6 Å². The second-order valence-corrected chi connectivity index (χ2v) is 4.44. The summed E-state index contributed by atoms with van der Waals surface area (Å²) in [4.78, 5) is 11.5. The van der Waals surface area contributed by atoms with Gasteiger partial charge in [-0.2, -0.15) is 0 Å². The van der Waals surface area contributed by atoms with Crippen molar-refractivity contribution in [3.63, 3.8) is 0 Å². The van der Waals surface area contributed by atoms with Gasteiger partial charge in [-0.25, -0.2) is 4.39 Å². The number of nitrogens with two attached hydrogens (primary N) is 1. The highest BCUT2D eigenvalue weighted by Gasteiger charge is 2.18. The van der Waals surface area contributed by atoms with Crippen LogP contribution in [0.4, 0.5) is 4.39 Å². The molecule has 2 rings (SSSR count). The Morgan fingerprint density at radius 1 is 1.25 bits per heavy atom. The summed E-state index contributed by atoms with van der Waals surface area (Å²) in [5, 5.41) is 12.3. The number of carbonyl (C=O) groups is 1. The molecule has 0 bridgehead atoms. The number of aromatic hydroxyl groups is 1. The number of nitrogens with one attached hydrogen (secondary N) is 1. The van der Waals surface area contributed by atoms with Crippen molar-refractivity contribution in [3.05, 3.63) is 65.5 Å². The SMILES string of the molecule is NC(=O)C(NCc1ccccc1)c1cc(O)cc(F)c1. The Labute approximate surface area is 116 Å². The van der Waals surface area contributed by atoms with Crippen LogP contribution in [0.3, 0.4) is 0 Å². The van der Waals surface area contributed by atoms with E-state index in [1.807, 2.05) is 30.3 Å². The zero-order valence-electron chi connectivity index (χ0n) is 10.7. The van der Waals surface area contributed by atoms with Crippen molar-refractivity contribution in [1.82, 2.24) is 5.32 Å². The van der Waals surface area contributed by atoms with E-state index in [0.29, 0.717) is 12.1 Å². The fourth-order valence-electron chi connectivity index (χ4n) is 1.96. The van der Waals surface area contributed by atoms with Gasteiger partial charge in [0.25, 0.3) is 0 Å². The van der Waals surface area contributed by atoms with Crippen LogP contribution in [0.25, 0.3) is 0 Å². The Bertz CT molecular complexity index is 582. The molecule has 0 aromatic heterocycles. The van der Waals surface area contributed by atoms with Crippen molar-refractivity contribution < 1.29 is 14.3 Å². The van der Waals surface area contributed by atoms with Crippen molar-refractivity contribution in [2.45, 2.75) is 12.6 Å². The second kappa shape index (κ2) is 6.16. The maximum absolute atomic E-state index is 13.3. The van der Waals surface area contributed by atoms with Gasteiger partial charge in [-0.3, -0.25) is 10.1 Å². The lowest BCUT2D eigenvalue weighted by Crippen LogP contribution is -2.33. The van der Waals surface area contributed by atoms with Gasteiger partial charge in [0, 0.05) is 12.6 Å². The summed E-state index contributed by atoms with van der Waals surface area (Å²) in [6.45, 7) is 0.408. The van der Waals surface area contributed by atoms with E-state index < -0.39 is 17.8 Å². The van der Waals surface area contributed by atoms with Crippen LogP contribution < -0.4 is 11.1 Å². The number of hydrogen-bond acceptors (Lipinski definition) is 3. The molecule has 0 spiro atoms. The van der Waals surface area contributed by atoms with Crippen LogP contribution >= 0.6 is 0 Å². The minimum absolute atomic E-state index is 0.243. The van der Waals surface area contributed by atoms with Crippen LogP contribution in [-0.4, -0.2) is 11.0 Å². The summed E-state index contributed by atoms with van der Waals surface area (Å²) in [6, 6.07) is 12.0. The Morgan fingerprint density at radius 3 is 2.55 bits per heavy atom. The number of amides is 1. The van der Waals surface area contributed by atoms with Gasteiger partial charge in [0.1, 0.15) is 17.6 Å². The summed E-state index contributed by atoms with van der Waals surface area (Å²) in [7, 11) is 0. The van der Waals surface area contributed by atoms with Crippen LogP contribution in [-0.2, 0) is 11.3 Å². The zero-order chi connectivity index (χ0) is 14.5. The molecule has 4 N–H and O–H groups in total. The van der Waals surface area contributed by atoms with Gasteiger partial charge in [0.2, 0.25) is 5.91 Å². The number of benzene rings is 2. The molecule has 0 fully saturated rings. The molecule has 20 heavy (non-hydrogen) atoms. The van der Waals surface area contributed by atoms with E-state index in [1.165, 1.54) is 12.1 Å². The Kier molecular flexibility index (Phi) is 4.32. The first-order valence-corrected chi connectivity index (χ1v) is 6.12. The van der Waals surface area contributed by atoms with Crippen molar-refractivity contribution in [3.8, 4) is 5.75 Å². The second-order valence-electron chi connectivity index (χ2n) is 4.44. The van der Waals surface area contributed by atoms with E-state index in [2.05, 4.69) is 5.32 Å². The number of primary amides is 1. The highest BCUT2D eigenvalue weighted by molar-refractivity contribution is 5.81. The lowest BCUT2D eigenvalue weighted by Gasteiger charge is -2.16. The number of rotatable bonds is 5. The van der Waals surface area contributed by atoms with Gasteiger partial charge in [-0.15, -0.1) is 0 Å². The first kappa shape index (κ1) is 14.0. The molecule has 1 unspecified atom stereocenters. The molecule has 104 valence electrons. The van der Waals surface area contributed by atoms with Crippen molar-refractivity contribution in [2.75, 3.05) is 0 Å². The van der Waals surface area contributed by atoms with Crippen molar-refractivity contribution in [1.29, 1.82) is 0 Å². The summed E-state index contributed by atoms with van der Waals surface area (Å²) in [5.41, 5.74) is 6.60. The number of halogens is 1. The van der Waals surface area contributed by atoms with Crippen molar-refractivity contribution >= 4 is 5.91 Å². The first-order valence-electron chi connectivity index (χ1n) is 6.12. The fourth-order valence-corrected chi connectivity index (χ4v) is 1.96. The predicted molar refractivity (Wildman–Crippen MR) is 73.3 cm³/mol. The summed E-state index contributed by atoms with van der Waals surface area (Å²) < 4.78 is 13.3. The highest BCUT2D eigenvalue weighted by atomic mass is 19.1. The molecule has 1 atom stereocenters. The number of phenols is 1. The van der Waals surface area contributed by atoms with E-state index in [4.69, 9.17) is 5.73 Å². The molecular weight excluding hydrogens is 259 g/mol. The number of carbonyl (C=O) groups excluding carboxylic acids is 1. The zero-order valence-corrected chi connectivity index (χ0v) is 10.7. The lowest BCUT2D eigenvalue weighted by atomic mass is 10.1. The molecule has 5 heteroatoms. The van der Waals surface area contributed by atoms with Gasteiger partial charge >= 0.3 is 0 Å². The molecule has 4 nitrogen and oxygen atoms in total. The molecule has 0 aliphatic carbocycles. The Balaban J connectivity index is 2.17. The third-order valence-corrected chi connectivity index (χ3v) is 2.88. The Morgan fingerprint density at radius 2 is 1.95 bits per heavy atom. The normalized spacial score (nSPS) is 12.1. The molecule has 1 amide bonds. The van der Waals surface area contributed by atoms with E-state index >= 15 is 0 Å². The number of hydrogen-bond donors (Lipinski definition) is 3. The maximum atomic E-state index is 13.3. The predicted octanol–water partition coefficient (Wildman–Crippen LogP) is 1.85. The van der Waals surface area contributed by atoms with Crippen LogP contribution in [0.1, 0.15) is 17.2 Å². The number of phenolic OH excluding ortho intramolecular Hbond substituents is 1. The largest absolute Gasteiger partial charge is 0.508 e. The molecule has 2 aromatic rings. The van der Waals surface area contributed by atoms with Crippen LogP contribution in [0.15, 0.2) is 48.5 Å². The van der Waals surface area contributed by atoms with Crippen LogP contribution in [0.2, 0.25) is 0 Å². The van der Waals surface area contributed by atoms with E-state index in [9.17, 15) is 14.3 Å². The summed E-state index contributed by atoms with van der Waals surface area (Å²) in [6.07, 6.45) is 0. The molecule has 0 heterocycles. The van der Waals surface area contributed by atoms with Gasteiger partial charge in [-0.1, -0.05) is 30.3 Å². The molecule has 0 saturated heterocycles. The Hall–Kier alpha value is -2.40.